The molecule has 5 heteroatoms. The number of aliphatic imine (C=N–C) groups is 1. The van der Waals surface area contributed by atoms with Crippen molar-refractivity contribution in [2.75, 3.05) is 0 Å². The van der Waals surface area contributed by atoms with Crippen LogP contribution in [0.1, 0.15) is 104 Å². The number of allylic oxidation sites excluding steroid dienone is 17. The topological polar surface area (TPSA) is 64.2 Å². The van der Waals surface area contributed by atoms with Gasteiger partial charge in [-0.05, 0) is 142 Å². The maximum absolute atomic E-state index is 6.34. The SMILES string of the molecule is CC1=NC(C)C(C)C=C1C1C=CC(c2nc(C3=CC=C(C4C(C5=CCCCC5)=CCC(C)C4C4=CCCC=C4)CC3)nc(-c3ccc4c(c3)oc3ccccc34)n2)=CC1. The second-order valence-electron chi connectivity index (χ2n) is 17.9. The molecule has 0 amide bonds. The van der Waals surface area contributed by atoms with E-state index in [2.05, 4.69) is 125 Å². The molecular weight excluding hydrogens is 721 g/mol. The molecule has 6 aliphatic rings. The smallest absolute Gasteiger partial charge is 0.164 e. The summed E-state index contributed by atoms with van der Waals surface area (Å²) in [7, 11) is 0. The standard InChI is InChI=1S/C54H56N4O/c1-33-19-29-44(37-13-7-5-8-14-37)51(50(33)39-15-9-6-10-16-39)40-22-26-42(27-23-40)53-56-52(41-24-20-38(21-25-41)47-31-34(2)35(3)55-36(47)4)57-54(58-53)43-28-30-46-45-17-11-12-18-48(45)59-49(46)32-43/h9,11-13,15-18,20,22,24-26,28-35,38,50-51H,5-8,10,14,19,21,23,27H2,1-4H3. The number of benzene rings is 2. The van der Waals surface area contributed by atoms with Crippen LogP contribution in [0.15, 0.2) is 147 Å². The maximum atomic E-state index is 6.34. The zero-order valence-corrected chi connectivity index (χ0v) is 35.1. The Kier molecular flexibility index (Phi) is 10.2. The van der Waals surface area contributed by atoms with E-state index < -0.39 is 0 Å². The first kappa shape index (κ1) is 37.8. The average molecular weight is 777 g/mol. The molecule has 5 nitrogen and oxygen atoms in total. The molecule has 6 atom stereocenters. The highest BCUT2D eigenvalue weighted by Gasteiger charge is 2.38. The molecule has 10 rings (SSSR count). The number of dihydropyridines is 1. The first-order valence-corrected chi connectivity index (χ1v) is 22.4. The van der Waals surface area contributed by atoms with Gasteiger partial charge in [0, 0.05) is 39.5 Å². The van der Waals surface area contributed by atoms with Crippen molar-refractivity contribution in [3.8, 4) is 11.4 Å². The number of para-hydroxylation sites is 1. The molecule has 1 aliphatic heterocycles. The van der Waals surface area contributed by atoms with Crippen LogP contribution in [-0.2, 0) is 0 Å². The van der Waals surface area contributed by atoms with Crippen molar-refractivity contribution >= 4 is 38.8 Å². The molecule has 3 heterocycles. The fourth-order valence-electron chi connectivity index (χ4n) is 10.6. The van der Waals surface area contributed by atoms with Gasteiger partial charge in [-0.15, -0.1) is 0 Å². The quantitative estimate of drug-likeness (QED) is 0.187. The summed E-state index contributed by atoms with van der Waals surface area (Å²) in [4.78, 5) is 20.7. The van der Waals surface area contributed by atoms with Crippen molar-refractivity contribution < 1.29 is 4.42 Å². The van der Waals surface area contributed by atoms with Crippen molar-refractivity contribution in [1.29, 1.82) is 0 Å². The molecule has 0 saturated heterocycles. The van der Waals surface area contributed by atoms with Gasteiger partial charge in [0.15, 0.2) is 17.5 Å². The van der Waals surface area contributed by atoms with Gasteiger partial charge >= 0.3 is 0 Å². The number of aromatic nitrogens is 3. The Balaban J connectivity index is 1.03. The summed E-state index contributed by atoms with van der Waals surface area (Å²) >= 11 is 0. The van der Waals surface area contributed by atoms with Crippen molar-refractivity contribution in [2.24, 2.45) is 34.6 Å². The summed E-state index contributed by atoms with van der Waals surface area (Å²) in [5, 5.41) is 2.22. The Hall–Kier alpha value is -5.42. The summed E-state index contributed by atoms with van der Waals surface area (Å²) in [6, 6.07) is 14.9. The Morgan fingerprint density at radius 3 is 2.36 bits per heavy atom. The largest absolute Gasteiger partial charge is 0.456 e. The van der Waals surface area contributed by atoms with Crippen molar-refractivity contribution in [3.63, 3.8) is 0 Å². The Morgan fingerprint density at radius 1 is 0.695 bits per heavy atom. The monoisotopic (exact) mass is 776 g/mol. The predicted molar refractivity (Wildman–Crippen MR) is 245 cm³/mol. The van der Waals surface area contributed by atoms with Gasteiger partial charge in [-0.2, -0.15) is 0 Å². The van der Waals surface area contributed by atoms with Crippen molar-refractivity contribution in [2.45, 2.75) is 97.9 Å². The van der Waals surface area contributed by atoms with Gasteiger partial charge < -0.3 is 4.42 Å². The molecule has 4 aromatic rings. The number of hydrogen-bond acceptors (Lipinski definition) is 5. The minimum atomic E-state index is 0.299. The molecule has 0 N–H and O–H groups in total. The van der Waals surface area contributed by atoms with Gasteiger partial charge in [0.25, 0.3) is 0 Å². The lowest BCUT2D eigenvalue weighted by Gasteiger charge is -2.42. The molecule has 5 aliphatic carbocycles. The Labute approximate surface area is 349 Å². The number of fused-ring (bicyclic) bond motifs is 3. The fraction of sp³-hybridized carbons (Fsp3) is 0.370. The molecule has 0 radical (unpaired) electrons. The summed E-state index contributed by atoms with van der Waals surface area (Å²) in [5.74, 6) is 4.39. The van der Waals surface area contributed by atoms with E-state index in [-0.39, 0.29) is 0 Å². The van der Waals surface area contributed by atoms with Gasteiger partial charge in [0.05, 0.1) is 6.04 Å². The van der Waals surface area contributed by atoms with Crippen LogP contribution in [0.3, 0.4) is 0 Å². The molecule has 2 aromatic heterocycles. The lowest BCUT2D eigenvalue weighted by atomic mass is 9.62. The lowest BCUT2D eigenvalue weighted by Crippen LogP contribution is -2.31. The number of furan rings is 1. The molecule has 6 unspecified atom stereocenters. The van der Waals surface area contributed by atoms with Crippen LogP contribution in [-0.4, -0.2) is 26.7 Å². The van der Waals surface area contributed by atoms with Gasteiger partial charge in [0.1, 0.15) is 11.2 Å². The van der Waals surface area contributed by atoms with Crippen LogP contribution in [0.25, 0.3) is 44.5 Å². The van der Waals surface area contributed by atoms with Gasteiger partial charge in [0.2, 0.25) is 0 Å². The van der Waals surface area contributed by atoms with E-state index in [1.54, 1.807) is 22.3 Å². The average Bonchev–Trinajstić information content (AvgIpc) is 3.66. The van der Waals surface area contributed by atoms with Crippen LogP contribution in [0, 0.1) is 29.6 Å². The Bertz CT molecular complexity index is 2650. The third kappa shape index (κ3) is 7.32. The molecule has 0 fully saturated rings. The Morgan fingerprint density at radius 2 is 1.56 bits per heavy atom. The summed E-state index contributed by atoms with van der Waals surface area (Å²) in [6.45, 7) is 9.11. The highest BCUT2D eigenvalue weighted by molar-refractivity contribution is 6.05. The normalized spacial score (nSPS) is 27.3. The molecule has 0 saturated carbocycles. The van der Waals surface area contributed by atoms with E-state index in [0.717, 1.165) is 89.0 Å². The second-order valence-corrected chi connectivity index (χ2v) is 17.9. The first-order valence-electron chi connectivity index (χ1n) is 22.4. The molecule has 59 heavy (non-hydrogen) atoms. The van der Waals surface area contributed by atoms with E-state index in [9.17, 15) is 0 Å². The summed E-state index contributed by atoms with van der Waals surface area (Å²) < 4.78 is 6.34. The van der Waals surface area contributed by atoms with E-state index in [1.165, 1.54) is 36.8 Å². The first-order chi connectivity index (χ1) is 28.9. The number of nitrogens with zero attached hydrogens (tertiary/aromatic N) is 4. The minimum Gasteiger partial charge on any atom is -0.456 e. The molecule has 0 bridgehead atoms. The third-order valence-electron chi connectivity index (χ3n) is 14.0. The highest BCUT2D eigenvalue weighted by atomic mass is 16.3. The zero-order chi connectivity index (χ0) is 40.0. The van der Waals surface area contributed by atoms with E-state index in [4.69, 9.17) is 24.4 Å². The molecular formula is C54H56N4O. The van der Waals surface area contributed by atoms with Gasteiger partial charge in [-0.1, -0.05) is 111 Å². The second kappa shape index (κ2) is 16.0. The van der Waals surface area contributed by atoms with Crippen LogP contribution in [0.4, 0.5) is 0 Å². The minimum absolute atomic E-state index is 0.299. The lowest BCUT2D eigenvalue weighted by molar-refractivity contribution is 0.324. The van der Waals surface area contributed by atoms with Crippen LogP contribution >= 0.6 is 0 Å². The molecule has 298 valence electrons. The zero-order valence-electron chi connectivity index (χ0n) is 35.1. The molecule has 0 spiro atoms. The van der Waals surface area contributed by atoms with Crippen molar-refractivity contribution in [1.82, 2.24) is 15.0 Å². The number of hydrogen-bond donors (Lipinski definition) is 0. The van der Waals surface area contributed by atoms with Crippen LogP contribution in [0.5, 0.6) is 0 Å². The van der Waals surface area contributed by atoms with E-state index in [1.807, 2.05) is 12.1 Å². The van der Waals surface area contributed by atoms with Gasteiger partial charge in [-0.3, -0.25) is 4.99 Å². The third-order valence-corrected chi connectivity index (χ3v) is 14.0. The fourth-order valence-corrected chi connectivity index (χ4v) is 10.6. The van der Waals surface area contributed by atoms with Crippen molar-refractivity contribution in [3.05, 3.63) is 149 Å². The van der Waals surface area contributed by atoms with Gasteiger partial charge in [-0.25, -0.2) is 15.0 Å². The van der Waals surface area contributed by atoms with E-state index >= 15 is 0 Å². The van der Waals surface area contributed by atoms with Crippen LogP contribution in [0.2, 0.25) is 0 Å². The number of rotatable bonds is 7. The molecule has 2 aromatic carbocycles. The highest BCUT2D eigenvalue weighted by Crippen LogP contribution is 2.50. The van der Waals surface area contributed by atoms with E-state index in [0.29, 0.717) is 41.5 Å². The maximum Gasteiger partial charge on any atom is 0.164 e. The predicted octanol–water partition coefficient (Wildman–Crippen LogP) is 13.9. The van der Waals surface area contributed by atoms with Crippen LogP contribution < -0.4 is 0 Å². The summed E-state index contributed by atoms with van der Waals surface area (Å²) in [5.41, 5.74) is 13.7. The summed E-state index contributed by atoms with van der Waals surface area (Å²) in [6.07, 6.45) is 37.8.